The summed E-state index contributed by atoms with van der Waals surface area (Å²) >= 11 is 7.45. The number of carbonyl (C=O) groups is 1. The maximum Gasteiger partial charge on any atom is 0.230 e. The van der Waals surface area contributed by atoms with Crippen LogP contribution < -0.4 is 11.1 Å². The molecule has 0 heterocycles. The topological polar surface area (TPSA) is 55.1 Å². The van der Waals surface area contributed by atoms with Gasteiger partial charge in [-0.25, -0.2) is 0 Å². The molecule has 0 spiro atoms. The first kappa shape index (κ1) is 17.2. The average Bonchev–Trinajstić information content (AvgIpc) is 2.38. The van der Waals surface area contributed by atoms with Crippen LogP contribution in [0.1, 0.15) is 39.5 Å². The van der Waals surface area contributed by atoms with E-state index in [-0.39, 0.29) is 11.9 Å². The van der Waals surface area contributed by atoms with Crippen LogP contribution in [0.4, 0.5) is 5.69 Å². The lowest BCUT2D eigenvalue weighted by molar-refractivity contribution is -0.119. The lowest BCUT2D eigenvalue weighted by Gasteiger charge is -2.14. The van der Waals surface area contributed by atoms with Crippen LogP contribution in [-0.2, 0) is 4.79 Å². The number of hydrogen-bond acceptors (Lipinski definition) is 3. The maximum absolute atomic E-state index is 11.9. The molecule has 0 radical (unpaired) electrons. The van der Waals surface area contributed by atoms with E-state index >= 15 is 0 Å². The van der Waals surface area contributed by atoms with Gasteiger partial charge in [0, 0.05) is 16.6 Å². The first-order chi connectivity index (χ1) is 9.54. The van der Waals surface area contributed by atoms with Crippen LogP contribution in [0, 0.1) is 0 Å². The molecule has 1 amide bonds. The Labute approximate surface area is 130 Å². The number of benzene rings is 1. The Morgan fingerprint density at radius 2 is 2.20 bits per heavy atom. The Morgan fingerprint density at radius 1 is 1.45 bits per heavy atom. The summed E-state index contributed by atoms with van der Waals surface area (Å²) in [6, 6.07) is 5.60. The van der Waals surface area contributed by atoms with Gasteiger partial charge in [-0.3, -0.25) is 4.79 Å². The Balaban J connectivity index is 2.36. The quantitative estimate of drug-likeness (QED) is 0.431. The van der Waals surface area contributed by atoms with Crippen molar-refractivity contribution in [3.05, 3.63) is 23.2 Å². The van der Waals surface area contributed by atoms with Crippen LogP contribution in [0.25, 0.3) is 0 Å². The largest absolute Gasteiger partial charge is 0.398 e. The molecule has 3 N–H and O–H groups in total. The molecule has 1 unspecified atom stereocenters. The Kier molecular flexibility index (Phi) is 7.85. The maximum atomic E-state index is 11.9. The molecule has 1 atom stereocenters. The molecular formula is C15H23ClN2OS. The number of nitrogens with two attached hydrogens (primary N) is 1. The Hall–Kier alpha value is -0.870. The molecule has 0 fully saturated rings. The van der Waals surface area contributed by atoms with Gasteiger partial charge in [0.15, 0.2) is 0 Å². The van der Waals surface area contributed by atoms with Crippen molar-refractivity contribution in [2.75, 3.05) is 11.5 Å². The summed E-state index contributed by atoms with van der Waals surface area (Å²) in [7, 11) is 0. The van der Waals surface area contributed by atoms with Crippen molar-refractivity contribution >= 4 is 35.0 Å². The van der Waals surface area contributed by atoms with Gasteiger partial charge in [-0.2, -0.15) is 0 Å². The van der Waals surface area contributed by atoms with Crippen molar-refractivity contribution < 1.29 is 4.79 Å². The zero-order valence-corrected chi connectivity index (χ0v) is 13.7. The molecular weight excluding hydrogens is 292 g/mol. The van der Waals surface area contributed by atoms with Gasteiger partial charge < -0.3 is 11.1 Å². The molecule has 0 aromatic heterocycles. The molecule has 0 aliphatic rings. The predicted molar refractivity (Wildman–Crippen MR) is 88.3 cm³/mol. The Bertz CT molecular complexity index is 420. The fraction of sp³-hybridized carbons (Fsp3) is 0.533. The first-order valence-corrected chi connectivity index (χ1v) is 8.37. The summed E-state index contributed by atoms with van der Waals surface area (Å²) in [4.78, 5) is 12.6. The highest BCUT2D eigenvalue weighted by atomic mass is 35.5. The molecule has 1 rings (SSSR count). The number of thioether (sulfide) groups is 1. The minimum atomic E-state index is 0.0262. The van der Waals surface area contributed by atoms with Gasteiger partial charge in [0.25, 0.3) is 0 Å². The number of anilines is 1. The normalized spacial score (nSPS) is 12.2. The molecule has 0 bridgehead atoms. The van der Waals surface area contributed by atoms with E-state index in [2.05, 4.69) is 12.2 Å². The van der Waals surface area contributed by atoms with E-state index in [1.807, 2.05) is 6.92 Å². The first-order valence-electron chi connectivity index (χ1n) is 7.00. The van der Waals surface area contributed by atoms with Gasteiger partial charge in [-0.05, 0) is 25.5 Å². The van der Waals surface area contributed by atoms with E-state index in [1.165, 1.54) is 24.6 Å². The molecule has 20 heavy (non-hydrogen) atoms. The van der Waals surface area contributed by atoms with Crippen LogP contribution in [0.3, 0.4) is 0 Å². The summed E-state index contributed by atoms with van der Waals surface area (Å²) in [6.07, 6.45) is 4.59. The van der Waals surface area contributed by atoms with Gasteiger partial charge >= 0.3 is 0 Å². The number of rotatable bonds is 8. The second-order valence-electron chi connectivity index (χ2n) is 4.91. The lowest BCUT2D eigenvalue weighted by Crippen LogP contribution is -2.33. The monoisotopic (exact) mass is 314 g/mol. The number of halogens is 1. The van der Waals surface area contributed by atoms with Gasteiger partial charge in [-0.15, -0.1) is 11.8 Å². The van der Waals surface area contributed by atoms with Crippen LogP contribution in [0.5, 0.6) is 0 Å². The number of unbranched alkanes of at least 4 members (excludes halogenated alkanes) is 2. The predicted octanol–water partition coefficient (Wildman–Crippen LogP) is 4.10. The van der Waals surface area contributed by atoms with Crippen LogP contribution in [0.2, 0.25) is 5.02 Å². The SMILES string of the molecule is CCCCCC(C)NC(=O)CSc1c(N)cccc1Cl. The van der Waals surface area contributed by atoms with E-state index in [4.69, 9.17) is 17.3 Å². The van der Waals surface area contributed by atoms with Crippen molar-refractivity contribution in [3.63, 3.8) is 0 Å². The summed E-state index contributed by atoms with van der Waals surface area (Å²) in [5.41, 5.74) is 6.47. The number of carbonyl (C=O) groups excluding carboxylic acids is 1. The van der Waals surface area contributed by atoms with E-state index in [0.29, 0.717) is 16.5 Å². The molecule has 1 aromatic carbocycles. The number of hydrogen-bond donors (Lipinski definition) is 2. The molecule has 5 heteroatoms. The van der Waals surface area contributed by atoms with E-state index in [9.17, 15) is 4.79 Å². The third-order valence-electron chi connectivity index (χ3n) is 2.99. The summed E-state index contributed by atoms with van der Waals surface area (Å²) in [6.45, 7) is 4.22. The van der Waals surface area contributed by atoms with Crippen LogP contribution in [-0.4, -0.2) is 17.7 Å². The minimum absolute atomic E-state index is 0.0262. The molecule has 0 aliphatic carbocycles. The van der Waals surface area contributed by atoms with Crippen molar-refractivity contribution in [1.82, 2.24) is 5.32 Å². The van der Waals surface area contributed by atoms with Gasteiger partial charge in [-0.1, -0.05) is 43.9 Å². The molecule has 0 saturated carbocycles. The number of nitrogens with one attached hydrogen (secondary N) is 1. The molecule has 0 saturated heterocycles. The van der Waals surface area contributed by atoms with Gasteiger partial charge in [0.1, 0.15) is 0 Å². The van der Waals surface area contributed by atoms with Crippen molar-refractivity contribution in [3.8, 4) is 0 Å². The number of nitrogen functional groups attached to an aromatic ring is 1. The highest BCUT2D eigenvalue weighted by molar-refractivity contribution is 8.00. The minimum Gasteiger partial charge on any atom is -0.398 e. The van der Waals surface area contributed by atoms with Crippen molar-refractivity contribution in [2.45, 2.75) is 50.5 Å². The zero-order chi connectivity index (χ0) is 15.0. The lowest BCUT2D eigenvalue weighted by atomic mass is 10.1. The van der Waals surface area contributed by atoms with Crippen molar-refractivity contribution in [1.29, 1.82) is 0 Å². The third-order valence-corrected chi connectivity index (χ3v) is 4.57. The van der Waals surface area contributed by atoms with Gasteiger partial charge in [0.05, 0.1) is 10.8 Å². The van der Waals surface area contributed by atoms with E-state index in [1.54, 1.807) is 18.2 Å². The van der Waals surface area contributed by atoms with Gasteiger partial charge in [0.2, 0.25) is 5.91 Å². The number of amides is 1. The van der Waals surface area contributed by atoms with Crippen LogP contribution in [0.15, 0.2) is 23.1 Å². The molecule has 0 aliphatic heterocycles. The Morgan fingerprint density at radius 3 is 2.85 bits per heavy atom. The summed E-state index contributed by atoms with van der Waals surface area (Å²) in [5, 5.41) is 3.60. The van der Waals surface area contributed by atoms with Crippen LogP contribution >= 0.6 is 23.4 Å². The molecule has 112 valence electrons. The highest BCUT2D eigenvalue weighted by Crippen LogP contribution is 2.32. The molecule has 3 nitrogen and oxygen atoms in total. The fourth-order valence-corrected chi connectivity index (χ4v) is 3.05. The zero-order valence-electron chi connectivity index (χ0n) is 12.1. The fourth-order valence-electron chi connectivity index (χ4n) is 1.90. The smallest absolute Gasteiger partial charge is 0.230 e. The highest BCUT2D eigenvalue weighted by Gasteiger charge is 2.10. The third kappa shape index (κ3) is 6.06. The average molecular weight is 315 g/mol. The van der Waals surface area contributed by atoms with E-state index in [0.717, 1.165) is 17.7 Å². The second-order valence-corrected chi connectivity index (χ2v) is 6.30. The van der Waals surface area contributed by atoms with E-state index < -0.39 is 0 Å². The summed E-state index contributed by atoms with van der Waals surface area (Å²) in [5.74, 6) is 0.366. The standard InChI is InChI=1S/C15H23ClN2OS/c1-3-4-5-7-11(2)18-14(19)10-20-15-12(16)8-6-9-13(15)17/h6,8-9,11H,3-5,7,10,17H2,1-2H3,(H,18,19). The summed E-state index contributed by atoms with van der Waals surface area (Å²) < 4.78 is 0. The molecule has 1 aromatic rings. The second kappa shape index (κ2) is 9.14. The van der Waals surface area contributed by atoms with Crippen molar-refractivity contribution in [2.24, 2.45) is 0 Å².